The van der Waals surface area contributed by atoms with Gasteiger partial charge in [-0.3, -0.25) is 19.2 Å². The van der Waals surface area contributed by atoms with E-state index in [1.165, 1.54) is 19.1 Å². The summed E-state index contributed by atoms with van der Waals surface area (Å²) in [5.41, 5.74) is 6.67. The summed E-state index contributed by atoms with van der Waals surface area (Å²) < 4.78 is 0. The maximum absolute atomic E-state index is 13.2. The van der Waals surface area contributed by atoms with E-state index in [2.05, 4.69) is 16.0 Å². The van der Waals surface area contributed by atoms with Crippen molar-refractivity contribution >= 4 is 23.7 Å². The molecule has 3 amide bonds. The molecule has 0 fully saturated rings. The SMILES string of the molecule is CCC(C)C(N)C(=O)NC(C(=O)NC(Cc1ccc(O)cc1)C(=O)NC(C)C(=O)O)C(C)CC. The lowest BCUT2D eigenvalue weighted by atomic mass is 9.95. The molecule has 0 saturated carbocycles. The van der Waals surface area contributed by atoms with Crippen LogP contribution in [0.2, 0.25) is 0 Å². The van der Waals surface area contributed by atoms with Gasteiger partial charge < -0.3 is 31.9 Å². The van der Waals surface area contributed by atoms with Gasteiger partial charge in [0.25, 0.3) is 0 Å². The minimum atomic E-state index is -1.22. The Kier molecular flexibility index (Phi) is 11.5. The maximum Gasteiger partial charge on any atom is 0.325 e. The first kappa shape index (κ1) is 28.9. The molecule has 190 valence electrons. The number of carboxylic acids is 1. The third-order valence-corrected chi connectivity index (χ3v) is 6.09. The number of carbonyl (C=O) groups is 4. The molecule has 1 aromatic rings. The number of hydrogen-bond acceptors (Lipinski definition) is 6. The largest absolute Gasteiger partial charge is 0.508 e. The first-order valence-corrected chi connectivity index (χ1v) is 11.6. The highest BCUT2D eigenvalue weighted by molar-refractivity contribution is 5.94. The second kappa shape index (κ2) is 13.5. The zero-order chi connectivity index (χ0) is 26.0. The first-order chi connectivity index (χ1) is 15.9. The van der Waals surface area contributed by atoms with Crippen LogP contribution >= 0.6 is 0 Å². The van der Waals surface area contributed by atoms with Gasteiger partial charge >= 0.3 is 5.97 Å². The van der Waals surface area contributed by atoms with Crippen molar-refractivity contribution in [2.75, 3.05) is 0 Å². The number of nitrogens with two attached hydrogens (primary N) is 1. The molecule has 0 spiro atoms. The van der Waals surface area contributed by atoms with Gasteiger partial charge in [-0.25, -0.2) is 0 Å². The third-order valence-electron chi connectivity index (χ3n) is 6.09. The van der Waals surface area contributed by atoms with Gasteiger partial charge in [-0.05, 0) is 36.5 Å². The number of phenols is 1. The summed E-state index contributed by atoms with van der Waals surface area (Å²) in [7, 11) is 0. The lowest BCUT2D eigenvalue weighted by molar-refractivity contribution is -0.141. The molecule has 10 nitrogen and oxygen atoms in total. The number of phenolic OH excluding ortho intramolecular Hbond substituents is 1. The quantitative estimate of drug-likeness (QED) is 0.245. The van der Waals surface area contributed by atoms with Crippen LogP contribution in [-0.4, -0.2) is 58.1 Å². The van der Waals surface area contributed by atoms with E-state index in [1.807, 2.05) is 20.8 Å². The van der Waals surface area contributed by atoms with Crippen molar-refractivity contribution in [2.24, 2.45) is 17.6 Å². The van der Waals surface area contributed by atoms with Crippen LogP contribution in [-0.2, 0) is 25.6 Å². The monoisotopic (exact) mass is 478 g/mol. The van der Waals surface area contributed by atoms with Crippen molar-refractivity contribution in [3.8, 4) is 5.75 Å². The summed E-state index contributed by atoms with van der Waals surface area (Å²) in [5.74, 6) is -3.19. The minimum absolute atomic E-state index is 0.0467. The van der Waals surface area contributed by atoms with E-state index in [1.54, 1.807) is 19.1 Å². The smallest absolute Gasteiger partial charge is 0.325 e. The fraction of sp³-hybridized carbons (Fsp3) is 0.583. The van der Waals surface area contributed by atoms with Gasteiger partial charge in [0.15, 0.2) is 0 Å². The third kappa shape index (κ3) is 8.66. The van der Waals surface area contributed by atoms with Gasteiger partial charge in [0.2, 0.25) is 17.7 Å². The van der Waals surface area contributed by atoms with Gasteiger partial charge in [-0.15, -0.1) is 0 Å². The Morgan fingerprint density at radius 1 is 0.853 bits per heavy atom. The Hall–Kier alpha value is -3.14. The summed E-state index contributed by atoms with van der Waals surface area (Å²) in [6.45, 7) is 8.77. The number of nitrogens with one attached hydrogen (secondary N) is 3. The molecule has 0 heterocycles. The molecule has 1 rings (SSSR count). The molecule has 34 heavy (non-hydrogen) atoms. The van der Waals surface area contributed by atoms with Gasteiger partial charge in [0.1, 0.15) is 23.9 Å². The van der Waals surface area contributed by atoms with E-state index in [4.69, 9.17) is 10.8 Å². The van der Waals surface area contributed by atoms with E-state index >= 15 is 0 Å². The normalized spacial score (nSPS) is 16.3. The van der Waals surface area contributed by atoms with Crippen LogP contribution in [0.3, 0.4) is 0 Å². The van der Waals surface area contributed by atoms with Gasteiger partial charge in [-0.1, -0.05) is 52.7 Å². The van der Waals surface area contributed by atoms with Crippen molar-refractivity contribution in [3.63, 3.8) is 0 Å². The molecule has 0 aromatic heterocycles. The number of hydrogen-bond donors (Lipinski definition) is 6. The van der Waals surface area contributed by atoms with Crippen molar-refractivity contribution < 1.29 is 29.4 Å². The summed E-state index contributed by atoms with van der Waals surface area (Å²) in [6.07, 6.45) is 1.34. The zero-order valence-corrected chi connectivity index (χ0v) is 20.5. The number of carboxylic acid groups (broad SMARTS) is 1. The van der Waals surface area contributed by atoms with Crippen molar-refractivity contribution in [3.05, 3.63) is 29.8 Å². The Bertz CT molecular complexity index is 844. The lowest BCUT2D eigenvalue weighted by Crippen LogP contribution is -2.59. The first-order valence-electron chi connectivity index (χ1n) is 11.6. The number of carbonyl (C=O) groups excluding carboxylic acids is 3. The van der Waals surface area contributed by atoms with Crippen molar-refractivity contribution in [2.45, 2.75) is 78.0 Å². The molecular weight excluding hydrogens is 440 g/mol. The van der Waals surface area contributed by atoms with Crippen LogP contribution in [0.25, 0.3) is 0 Å². The van der Waals surface area contributed by atoms with E-state index in [9.17, 15) is 24.3 Å². The molecule has 0 aliphatic carbocycles. The van der Waals surface area contributed by atoms with Gasteiger partial charge in [0.05, 0.1) is 6.04 Å². The van der Waals surface area contributed by atoms with E-state index in [0.717, 1.165) is 0 Å². The van der Waals surface area contributed by atoms with E-state index in [0.29, 0.717) is 18.4 Å². The molecule has 0 radical (unpaired) electrons. The van der Waals surface area contributed by atoms with Crippen LogP contribution in [0, 0.1) is 11.8 Å². The summed E-state index contributed by atoms with van der Waals surface area (Å²) in [4.78, 5) is 49.9. The van der Waals surface area contributed by atoms with Crippen molar-refractivity contribution in [1.82, 2.24) is 16.0 Å². The predicted molar refractivity (Wildman–Crippen MR) is 128 cm³/mol. The number of benzene rings is 1. The highest BCUT2D eigenvalue weighted by Gasteiger charge is 2.32. The molecule has 6 unspecified atom stereocenters. The Labute approximate surface area is 200 Å². The standard InChI is InChI=1S/C24H38N4O6/c1-6-13(3)19(25)22(31)28-20(14(4)7-2)23(32)27-18(21(30)26-15(5)24(33)34)12-16-8-10-17(29)11-9-16/h8-11,13-15,18-20,29H,6-7,12,25H2,1-5H3,(H,26,30)(H,27,32)(H,28,31)(H,33,34). The predicted octanol–water partition coefficient (Wildman–Crippen LogP) is 0.913. The van der Waals surface area contributed by atoms with Crippen LogP contribution in [0.4, 0.5) is 0 Å². The summed E-state index contributed by atoms with van der Waals surface area (Å²) in [5, 5.41) is 26.4. The minimum Gasteiger partial charge on any atom is -0.508 e. The zero-order valence-electron chi connectivity index (χ0n) is 20.5. The van der Waals surface area contributed by atoms with E-state index in [-0.39, 0.29) is 24.0 Å². The average Bonchev–Trinajstić information content (AvgIpc) is 2.81. The topological polar surface area (TPSA) is 171 Å². The lowest BCUT2D eigenvalue weighted by Gasteiger charge is -2.28. The van der Waals surface area contributed by atoms with Crippen LogP contribution in [0.15, 0.2) is 24.3 Å². The molecule has 0 bridgehead atoms. The fourth-order valence-corrected chi connectivity index (χ4v) is 3.18. The molecule has 7 N–H and O–H groups in total. The fourth-order valence-electron chi connectivity index (χ4n) is 3.18. The summed E-state index contributed by atoms with van der Waals surface area (Å²) in [6, 6.07) is 2.12. The summed E-state index contributed by atoms with van der Waals surface area (Å²) >= 11 is 0. The highest BCUT2D eigenvalue weighted by atomic mass is 16.4. The Balaban J connectivity index is 3.12. The molecule has 10 heteroatoms. The molecule has 0 aliphatic heterocycles. The Morgan fingerprint density at radius 2 is 1.41 bits per heavy atom. The number of aliphatic carboxylic acids is 1. The van der Waals surface area contributed by atoms with Crippen LogP contribution < -0.4 is 21.7 Å². The van der Waals surface area contributed by atoms with Crippen molar-refractivity contribution in [1.29, 1.82) is 0 Å². The average molecular weight is 479 g/mol. The molecule has 0 saturated heterocycles. The Morgan fingerprint density at radius 3 is 1.91 bits per heavy atom. The molecule has 6 atom stereocenters. The molecule has 1 aromatic carbocycles. The maximum atomic E-state index is 13.2. The molecule has 0 aliphatic rings. The van der Waals surface area contributed by atoms with Crippen LogP contribution in [0.1, 0.15) is 53.0 Å². The molecular formula is C24H38N4O6. The second-order valence-corrected chi connectivity index (χ2v) is 8.78. The number of aromatic hydroxyl groups is 1. The van der Waals surface area contributed by atoms with Gasteiger partial charge in [0, 0.05) is 6.42 Å². The van der Waals surface area contributed by atoms with Crippen LogP contribution in [0.5, 0.6) is 5.75 Å². The number of amides is 3. The highest BCUT2D eigenvalue weighted by Crippen LogP contribution is 2.14. The van der Waals surface area contributed by atoms with Gasteiger partial charge in [-0.2, -0.15) is 0 Å². The van der Waals surface area contributed by atoms with E-state index < -0.39 is 47.9 Å². The number of rotatable bonds is 13. The second-order valence-electron chi connectivity index (χ2n) is 8.78.